The van der Waals surface area contributed by atoms with E-state index in [1.807, 2.05) is 0 Å². The summed E-state index contributed by atoms with van der Waals surface area (Å²) >= 11 is 0. The lowest BCUT2D eigenvalue weighted by molar-refractivity contribution is 0.0693. The van der Waals surface area contributed by atoms with E-state index in [1.165, 1.54) is 37.4 Å². The lowest BCUT2D eigenvalue weighted by Crippen LogP contribution is -2.27. The van der Waals surface area contributed by atoms with Crippen molar-refractivity contribution in [3.05, 3.63) is 70.5 Å². The summed E-state index contributed by atoms with van der Waals surface area (Å²) in [6.07, 6.45) is 0. The van der Waals surface area contributed by atoms with Crippen LogP contribution < -0.4 is 5.32 Å². The van der Waals surface area contributed by atoms with Crippen LogP contribution in [0, 0.1) is 5.82 Å². The van der Waals surface area contributed by atoms with Crippen LogP contribution in [0.25, 0.3) is 0 Å². The molecule has 0 spiro atoms. The van der Waals surface area contributed by atoms with E-state index in [1.54, 1.807) is 19.1 Å². The van der Waals surface area contributed by atoms with Crippen LogP contribution in [0.15, 0.2) is 42.5 Å². The Hall–Kier alpha value is -3.02. The minimum atomic E-state index is -0.428. The minimum Gasteiger partial charge on any atom is -0.346 e. The van der Waals surface area contributed by atoms with Crippen LogP contribution in [0.4, 0.5) is 4.39 Å². The largest absolute Gasteiger partial charge is 0.346 e. The molecular weight excluding hydrogens is 311 g/mol. The molecule has 2 aromatic rings. The molecule has 1 aliphatic heterocycles. The Morgan fingerprint density at radius 3 is 2.50 bits per heavy atom. The third-order valence-electron chi connectivity index (χ3n) is 4.05. The predicted octanol–water partition coefficient (Wildman–Crippen LogP) is 2.54. The fourth-order valence-corrected chi connectivity index (χ4v) is 2.64. The number of carbonyl (C=O) groups excluding carboxylic acids is 3. The fourth-order valence-electron chi connectivity index (χ4n) is 2.64. The molecule has 0 fully saturated rings. The van der Waals surface area contributed by atoms with Gasteiger partial charge in [-0.2, -0.15) is 0 Å². The normalized spacial score (nSPS) is 14.5. The van der Waals surface area contributed by atoms with Gasteiger partial charge in [-0.05, 0) is 42.8 Å². The van der Waals surface area contributed by atoms with Gasteiger partial charge >= 0.3 is 0 Å². The molecule has 1 atom stereocenters. The number of halogens is 1. The second-order valence-electron chi connectivity index (χ2n) is 5.68. The summed E-state index contributed by atoms with van der Waals surface area (Å²) in [5.74, 6) is -1.58. The van der Waals surface area contributed by atoms with Crippen molar-refractivity contribution in [3.8, 4) is 0 Å². The molecule has 5 nitrogen and oxygen atoms in total. The lowest BCUT2D eigenvalue weighted by Gasteiger charge is -2.14. The fraction of sp³-hybridized carbons (Fsp3) is 0.167. The van der Waals surface area contributed by atoms with Gasteiger partial charge in [0.25, 0.3) is 17.7 Å². The molecule has 6 heteroatoms. The van der Waals surface area contributed by atoms with Gasteiger partial charge in [-0.15, -0.1) is 0 Å². The maximum absolute atomic E-state index is 13.3. The average Bonchev–Trinajstić information content (AvgIpc) is 2.79. The third-order valence-corrected chi connectivity index (χ3v) is 4.05. The number of imide groups is 1. The summed E-state index contributed by atoms with van der Waals surface area (Å²) in [6.45, 7) is 1.74. The SMILES string of the molecule is C[C@H](NC(=O)c1ccc2c(c1)C(=O)N(C)C2=O)c1cccc(F)c1. The Kier molecular flexibility index (Phi) is 3.89. The topological polar surface area (TPSA) is 66.5 Å². The first-order chi connectivity index (χ1) is 11.4. The highest BCUT2D eigenvalue weighted by Gasteiger charge is 2.33. The van der Waals surface area contributed by atoms with Crippen molar-refractivity contribution < 1.29 is 18.8 Å². The van der Waals surface area contributed by atoms with E-state index >= 15 is 0 Å². The van der Waals surface area contributed by atoms with E-state index in [0.717, 1.165) is 4.90 Å². The van der Waals surface area contributed by atoms with Crippen LogP contribution in [0.2, 0.25) is 0 Å². The van der Waals surface area contributed by atoms with Crippen LogP contribution in [0.5, 0.6) is 0 Å². The number of hydrogen-bond acceptors (Lipinski definition) is 3. The zero-order valence-electron chi connectivity index (χ0n) is 13.2. The van der Waals surface area contributed by atoms with E-state index in [9.17, 15) is 18.8 Å². The molecule has 3 rings (SSSR count). The van der Waals surface area contributed by atoms with Crippen molar-refractivity contribution in [1.82, 2.24) is 10.2 Å². The lowest BCUT2D eigenvalue weighted by atomic mass is 10.0. The molecule has 1 aliphatic rings. The Labute approximate surface area is 138 Å². The van der Waals surface area contributed by atoms with Crippen LogP contribution in [-0.4, -0.2) is 29.7 Å². The third kappa shape index (κ3) is 2.67. The number of hydrogen-bond donors (Lipinski definition) is 1. The maximum Gasteiger partial charge on any atom is 0.261 e. The highest BCUT2D eigenvalue weighted by atomic mass is 19.1. The molecule has 0 unspecified atom stereocenters. The maximum atomic E-state index is 13.3. The number of nitrogens with zero attached hydrogens (tertiary/aromatic N) is 1. The van der Waals surface area contributed by atoms with Gasteiger partial charge in [-0.3, -0.25) is 19.3 Å². The summed E-state index contributed by atoms with van der Waals surface area (Å²) in [4.78, 5) is 37.2. The number of nitrogens with one attached hydrogen (secondary N) is 1. The smallest absolute Gasteiger partial charge is 0.261 e. The van der Waals surface area contributed by atoms with Gasteiger partial charge in [0.2, 0.25) is 0 Å². The molecule has 122 valence electrons. The zero-order valence-corrected chi connectivity index (χ0v) is 13.2. The van der Waals surface area contributed by atoms with Gasteiger partial charge in [0.1, 0.15) is 5.82 Å². The van der Waals surface area contributed by atoms with E-state index in [0.29, 0.717) is 5.56 Å². The Bertz CT molecular complexity index is 863. The number of amides is 3. The van der Waals surface area contributed by atoms with Crippen molar-refractivity contribution in [1.29, 1.82) is 0 Å². The standard InChI is InChI=1S/C18H15FN2O3/c1-10(11-4-3-5-13(19)8-11)20-16(22)12-6-7-14-15(9-12)18(24)21(2)17(14)23/h3-10H,1-2H3,(H,20,22)/t10-/m0/s1. The van der Waals surface area contributed by atoms with E-state index in [4.69, 9.17) is 0 Å². The van der Waals surface area contributed by atoms with Crippen molar-refractivity contribution in [3.63, 3.8) is 0 Å². The van der Waals surface area contributed by atoms with E-state index in [-0.39, 0.29) is 28.4 Å². The molecule has 1 N–H and O–H groups in total. The van der Waals surface area contributed by atoms with Crippen molar-refractivity contribution >= 4 is 17.7 Å². The van der Waals surface area contributed by atoms with Crippen LogP contribution in [-0.2, 0) is 0 Å². The first-order valence-corrected chi connectivity index (χ1v) is 7.41. The Balaban J connectivity index is 1.82. The first-order valence-electron chi connectivity index (χ1n) is 7.41. The molecule has 0 saturated heterocycles. The second-order valence-corrected chi connectivity index (χ2v) is 5.68. The van der Waals surface area contributed by atoms with Gasteiger partial charge in [0.15, 0.2) is 0 Å². The molecule has 2 aromatic carbocycles. The number of rotatable bonds is 3. The summed E-state index contributed by atoms with van der Waals surface area (Å²) in [5.41, 5.74) is 1.41. The highest BCUT2D eigenvalue weighted by Crippen LogP contribution is 2.23. The van der Waals surface area contributed by atoms with E-state index < -0.39 is 17.9 Å². The van der Waals surface area contributed by atoms with Gasteiger partial charge in [0, 0.05) is 12.6 Å². The molecule has 0 saturated carbocycles. The summed E-state index contributed by atoms with van der Waals surface area (Å²) < 4.78 is 13.3. The van der Waals surface area contributed by atoms with Gasteiger partial charge < -0.3 is 5.32 Å². The molecule has 0 aliphatic carbocycles. The van der Waals surface area contributed by atoms with Crippen molar-refractivity contribution in [2.75, 3.05) is 7.05 Å². The first kappa shape index (κ1) is 15.9. The van der Waals surface area contributed by atoms with Crippen LogP contribution >= 0.6 is 0 Å². The monoisotopic (exact) mass is 326 g/mol. The van der Waals surface area contributed by atoms with Gasteiger partial charge in [-0.25, -0.2) is 4.39 Å². The molecule has 1 heterocycles. The van der Waals surface area contributed by atoms with Crippen molar-refractivity contribution in [2.24, 2.45) is 0 Å². The molecule has 0 aromatic heterocycles. The molecule has 0 radical (unpaired) electrons. The molecule has 3 amide bonds. The quantitative estimate of drug-likeness (QED) is 0.882. The Morgan fingerprint density at radius 1 is 1.08 bits per heavy atom. The second kappa shape index (κ2) is 5.88. The van der Waals surface area contributed by atoms with Gasteiger partial charge in [0.05, 0.1) is 17.2 Å². The molecular formula is C18H15FN2O3. The highest BCUT2D eigenvalue weighted by molar-refractivity contribution is 6.21. The molecule has 0 bridgehead atoms. The zero-order chi connectivity index (χ0) is 17.4. The van der Waals surface area contributed by atoms with Crippen LogP contribution in [0.1, 0.15) is 49.6 Å². The number of fused-ring (bicyclic) bond motifs is 1. The number of benzene rings is 2. The van der Waals surface area contributed by atoms with Crippen molar-refractivity contribution in [2.45, 2.75) is 13.0 Å². The van der Waals surface area contributed by atoms with E-state index in [2.05, 4.69) is 5.32 Å². The molecule has 24 heavy (non-hydrogen) atoms. The Morgan fingerprint density at radius 2 is 1.79 bits per heavy atom. The minimum absolute atomic E-state index is 0.216. The van der Waals surface area contributed by atoms with Gasteiger partial charge in [-0.1, -0.05) is 12.1 Å². The summed E-state index contributed by atoms with van der Waals surface area (Å²) in [6, 6.07) is 9.95. The summed E-state index contributed by atoms with van der Waals surface area (Å²) in [7, 11) is 1.40. The number of carbonyl (C=O) groups is 3. The predicted molar refractivity (Wildman–Crippen MR) is 85.1 cm³/mol. The van der Waals surface area contributed by atoms with Crippen LogP contribution in [0.3, 0.4) is 0 Å². The summed E-state index contributed by atoms with van der Waals surface area (Å²) in [5, 5.41) is 2.75. The average molecular weight is 326 g/mol.